The van der Waals surface area contributed by atoms with Crippen molar-refractivity contribution in [1.82, 2.24) is 10.3 Å². The van der Waals surface area contributed by atoms with Gasteiger partial charge in [0.2, 0.25) is 0 Å². The molecule has 0 saturated carbocycles. The molecule has 0 aliphatic rings. The molecule has 0 spiro atoms. The summed E-state index contributed by atoms with van der Waals surface area (Å²) in [6.45, 7) is 5.52. The maximum Gasteiger partial charge on any atom is 0.119 e. The second kappa shape index (κ2) is 7.38. The molecule has 0 radical (unpaired) electrons. The lowest BCUT2D eigenvalue weighted by molar-refractivity contribution is 0.106. The van der Waals surface area contributed by atoms with Crippen LogP contribution in [0, 0.1) is 13.8 Å². The molecule has 4 nitrogen and oxygen atoms in total. The summed E-state index contributed by atoms with van der Waals surface area (Å²) in [5.74, 6) is 0.794. The normalized spacial score (nSPS) is 12.3. The van der Waals surface area contributed by atoms with Crippen LogP contribution in [0.5, 0.6) is 5.75 Å². The van der Waals surface area contributed by atoms with Gasteiger partial charge in [0.05, 0.1) is 5.01 Å². The summed E-state index contributed by atoms with van der Waals surface area (Å²) in [4.78, 5) is 5.37. The number of hydrogen-bond acceptors (Lipinski definition) is 5. The number of nitrogens with one attached hydrogen (secondary N) is 1. The molecule has 2 rings (SSSR count). The number of benzene rings is 1. The van der Waals surface area contributed by atoms with Crippen LogP contribution in [0.3, 0.4) is 0 Å². The van der Waals surface area contributed by atoms with Gasteiger partial charge in [-0.1, -0.05) is 12.1 Å². The van der Waals surface area contributed by atoms with Crippen LogP contribution >= 0.6 is 11.3 Å². The van der Waals surface area contributed by atoms with Crippen LogP contribution in [-0.2, 0) is 6.54 Å². The average Bonchev–Trinajstić information content (AvgIpc) is 2.82. The van der Waals surface area contributed by atoms with Gasteiger partial charge < -0.3 is 15.2 Å². The molecule has 0 bridgehead atoms. The zero-order chi connectivity index (χ0) is 14.4. The van der Waals surface area contributed by atoms with Gasteiger partial charge in [-0.05, 0) is 31.5 Å². The summed E-state index contributed by atoms with van der Waals surface area (Å²) >= 11 is 1.66. The van der Waals surface area contributed by atoms with Gasteiger partial charge in [0.15, 0.2) is 0 Å². The smallest absolute Gasteiger partial charge is 0.119 e. The molecule has 2 aromatic rings. The fourth-order valence-corrected chi connectivity index (χ4v) is 2.57. The quantitative estimate of drug-likeness (QED) is 0.822. The van der Waals surface area contributed by atoms with Crippen molar-refractivity contribution in [3.05, 3.63) is 45.9 Å². The summed E-state index contributed by atoms with van der Waals surface area (Å²) in [7, 11) is 0. The van der Waals surface area contributed by atoms with E-state index in [1.807, 2.05) is 44.3 Å². The molecule has 20 heavy (non-hydrogen) atoms. The Morgan fingerprint density at radius 2 is 2.25 bits per heavy atom. The molecule has 1 aromatic heterocycles. The molecule has 108 valence electrons. The van der Waals surface area contributed by atoms with E-state index in [2.05, 4.69) is 10.3 Å². The lowest BCUT2D eigenvalue weighted by atomic mass is 10.2. The van der Waals surface area contributed by atoms with Crippen molar-refractivity contribution in [2.24, 2.45) is 0 Å². The maximum absolute atomic E-state index is 9.86. The van der Waals surface area contributed by atoms with Crippen LogP contribution in [0.1, 0.15) is 15.4 Å². The highest BCUT2D eigenvalue weighted by molar-refractivity contribution is 7.11. The molecule has 1 aromatic carbocycles. The van der Waals surface area contributed by atoms with Crippen molar-refractivity contribution in [3.63, 3.8) is 0 Å². The van der Waals surface area contributed by atoms with Gasteiger partial charge in [0, 0.05) is 24.2 Å². The van der Waals surface area contributed by atoms with E-state index >= 15 is 0 Å². The summed E-state index contributed by atoms with van der Waals surface area (Å²) in [5, 5.41) is 14.1. The summed E-state index contributed by atoms with van der Waals surface area (Å²) in [6, 6.07) is 7.82. The number of aliphatic hydroxyl groups excluding tert-OH is 1. The van der Waals surface area contributed by atoms with Gasteiger partial charge in [-0.2, -0.15) is 0 Å². The van der Waals surface area contributed by atoms with E-state index in [1.165, 1.54) is 4.88 Å². The van der Waals surface area contributed by atoms with Gasteiger partial charge in [0.1, 0.15) is 18.5 Å². The minimum absolute atomic E-state index is 0.290. The third kappa shape index (κ3) is 4.92. The number of aryl methyl sites for hydroxylation is 2. The highest BCUT2D eigenvalue weighted by Gasteiger charge is 2.06. The second-order valence-corrected chi connectivity index (χ2v) is 6.08. The Labute approximate surface area is 123 Å². The highest BCUT2D eigenvalue weighted by Crippen LogP contribution is 2.13. The Morgan fingerprint density at radius 3 is 2.95 bits per heavy atom. The molecule has 0 aliphatic heterocycles. The predicted molar refractivity (Wildman–Crippen MR) is 81.2 cm³/mol. The van der Waals surface area contributed by atoms with E-state index < -0.39 is 6.10 Å². The molecule has 1 atom stereocenters. The highest BCUT2D eigenvalue weighted by atomic mass is 32.1. The first-order valence-corrected chi connectivity index (χ1v) is 7.44. The van der Waals surface area contributed by atoms with E-state index in [0.29, 0.717) is 6.54 Å². The minimum atomic E-state index is -0.524. The molecular formula is C15H20N2O2S. The molecule has 0 fully saturated rings. The first kappa shape index (κ1) is 15.0. The third-order valence-electron chi connectivity index (χ3n) is 2.78. The summed E-state index contributed by atoms with van der Waals surface area (Å²) in [6.07, 6.45) is 1.34. The zero-order valence-electron chi connectivity index (χ0n) is 11.8. The molecule has 1 heterocycles. The Bertz CT molecular complexity index is 542. The van der Waals surface area contributed by atoms with Crippen LogP contribution < -0.4 is 10.1 Å². The van der Waals surface area contributed by atoms with Crippen molar-refractivity contribution in [2.45, 2.75) is 26.5 Å². The third-order valence-corrected chi connectivity index (χ3v) is 3.69. The first-order chi connectivity index (χ1) is 9.63. The number of aromatic nitrogens is 1. The fourth-order valence-electron chi connectivity index (χ4n) is 1.81. The van der Waals surface area contributed by atoms with Crippen LogP contribution in [0.2, 0.25) is 0 Å². The van der Waals surface area contributed by atoms with Gasteiger partial charge in [-0.25, -0.2) is 4.98 Å². The van der Waals surface area contributed by atoms with Gasteiger partial charge in [-0.3, -0.25) is 0 Å². The molecule has 1 unspecified atom stereocenters. The number of nitrogens with zero attached hydrogens (tertiary/aromatic N) is 1. The largest absolute Gasteiger partial charge is 0.491 e. The van der Waals surface area contributed by atoms with Crippen molar-refractivity contribution < 1.29 is 9.84 Å². The molecule has 0 amide bonds. The number of ether oxygens (including phenoxy) is 1. The van der Waals surface area contributed by atoms with Crippen molar-refractivity contribution in [2.75, 3.05) is 13.2 Å². The number of aliphatic hydroxyl groups is 1. The van der Waals surface area contributed by atoms with Gasteiger partial charge in [-0.15, -0.1) is 11.3 Å². The number of hydrogen-bond donors (Lipinski definition) is 2. The second-order valence-electron chi connectivity index (χ2n) is 4.76. The average molecular weight is 292 g/mol. The lowest BCUT2D eigenvalue weighted by Crippen LogP contribution is -2.31. The van der Waals surface area contributed by atoms with Crippen LogP contribution in [0.4, 0.5) is 0 Å². The fraction of sp³-hybridized carbons (Fsp3) is 0.400. The van der Waals surface area contributed by atoms with E-state index in [4.69, 9.17) is 4.74 Å². The summed E-state index contributed by atoms with van der Waals surface area (Å²) in [5.41, 5.74) is 1.15. The minimum Gasteiger partial charge on any atom is -0.491 e. The van der Waals surface area contributed by atoms with Crippen LogP contribution in [0.25, 0.3) is 0 Å². The van der Waals surface area contributed by atoms with E-state index in [0.717, 1.165) is 22.9 Å². The Morgan fingerprint density at radius 1 is 1.40 bits per heavy atom. The predicted octanol–water partition coefficient (Wildman–Crippen LogP) is 2.29. The van der Waals surface area contributed by atoms with Gasteiger partial charge in [0.25, 0.3) is 0 Å². The zero-order valence-corrected chi connectivity index (χ0v) is 12.6. The monoisotopic (exact) mass is 292 g/mol. The topological polar surface area (TPSA) is 54.4 Å². The SMILES string of the molecule is Cc1cccc(OCC(O)CNCc2cnc(C)s2)c1. The van der Waals surface area contributed by atoms with E-state index in [-0.39, 0.29) is 6.61 Å². The molecule has 0 aliphatic carbocycles. The maximum atomic E-state index is 9.86. The van der Waals surface area contributed by atoms with Crippen LogP contribution in [0.15, 0.2) is 30.5 Å². The van der Waals surface area contributed by atoms with Gasteiger partial charge >= 0.3 is 0 Å². The van der Waals surface area contributed by atoms with Crippen LogP contribution in [-0.4, -0.2) is 29.3 Å². The summed E-state index contributed by atoms with van der Waals surface area (Å²) < 4.78 is 5.56. The number of thiazole rings is 1. The molecule has 5 heteroatoms. The Kier molecular flexibility index (Phi) is 5.52. The molecule has 0 saturated heterocycles. The Balaban J connectivity index is 1.66. The van der Waals surface area contributed by atoms with E-state index in [9.17, 15) is 5.11 Å². The van der Waals surface area contributed by atoms with Crippen molar-refractivity contribution in [3.8, 4) is 5.75 Å². The molecular weight excluding hydrogens is 272 g/mol. The molecule has 2 N–H and O–H groups in total. The van der Waals surface area contributed by atoms with Crippen molar-refractivity contribution in [1.29, 1.82) is 0 Å². The Hall–Kier alpha value is -1.43. The standard InChI is InChI=1S/C15H20N2O2S/c1-11-4-3-5-14(6-11)19-10-13(18)7-16-8-15-9-17-12(2)20-15/h3-6,9,13,16,18H,7-8,10H2,1-2H3. The lowest BCUT2D eigenvalue weighted by Gasteiger charge is -2.13. The first-order valence-electron chi connectivity index (χ1n) is 6.63. The van der Waals surface area contributed by atoms with E-state index in [1.54, 1.807) is 11.3 Å². The number of rotatable bonds is 7. The van der Waals surface area contributed by atoms with Crippen molar-refractivity contribution >= 4 is 11.3 Å².